The number of hydrogen-bond donors (Lipinski definition) is 2. The number of nitrogens with zero attached hydrogens (tertiary/aromatic N) is 1. The van der Waals surface area contributed by atoms with Crippen LogP contribution >= 0.6 is 0 Å². The summed E-state index contributed by atoms with van der Waals surface area (Å²) in [6.07, 6.45) is 2.14. The van der Waals surface area contributed by atoms with Gasteiger partial charge >= 0.3 is 6.03 Å². The number of hydrogen-bond acceptors (Lipinski definition) is 2. The molecule has 1 heterocycles. The minimum absolute atomic E-state index is 0.231. The van der Waals surface area contributed by atoms with Gasteiger partial charge in [-0.3, -0.25) is 4.79 Å². The van der Waals surface area contributed by atoms with Gasteiger partial charge in [0.25, 0.3) is 5.91 Å². The smallest absolute Gasteiger partial charge is 0.319 e. The molecule has 1 aliphatic heterocycles. The number of quaternary nitrogens is 1. The highest BCUT2D eigenvalue weighted by atomic mass is 19.1. The van der Waals surface area contributed by atoms with Crippen molar-refractivity contribution in [2.24, 2.45) is 0 Å². The number of carbonyl (C=O) groups excluding carboxylic acids is 2. The van der Waals surface area contributed by atoms with Crippen molar-refractivity contribution in [3.63, 3.8) is 0 Å². The zero-order valence-electron chi connectivity index (χ0n) is 17.4. The standard InChI is InChI=1S/C25H24FN3O2/c1-25(20-9-8-18-4-2-3-5-19(18)14-20)23(30)29(24(31)27-25)16-28(22-12-13-22)15-17-6-10-21(26)11-7-17/h2-11,14,22H,12-13,15-16H2,1H3,(H,27,31)/p+1/t25-/m0/s1. The first-order valence-electron chi connectivity index (χ1n) is 10.7. The summed E-state index contributed by atoms with van der Waals surface area (Å²) in [4.78, 5) is 28.8. The predicted octanol–water partition coefficient (Wildman–Crippen LogP) is 2.95. The van der Waals surface area contributed by atoms with Crippen LogP contribution in [0.5, 0.6) is 0 Å². The van der Waals surface area contributed by atoms with Gasteiger partial charge in [0, 0.05) is 18.4 Å². The van der Waals surface area contributed by atoms with E-state index < -0.39 is 5.54 Å². The lowest BCUT2D eigenvalue weighted by atomic mass is 9.90. The molecule has 2 atom stereocenters. The van der Waals surface area contributed by atoms with Crippen LogP contribution in [-0.2, 0) is 16.9 Å². The monoisotopic (exact) mass is 418 g/mol. The maximum absolute atomic E-state index is 13.4. The molecule has 0 bridgehead atoms. The summed E-state index contributed by atoms with van der Waals surface area (Å²) in [6, 6.07) is 20.3. The molecule has 1 saturated carbocycles. The van der Waals surface area contributed by atoms with Crippen LogP contribution in [0.2, 0.25) is 0 Å². The molecule has 31 heavy (non-hydrogen) atoms. The van der Waals surface area contributed by atoms with Gasteiger partial charge in [-0.25, -0.2) is 14.1 Å². The Bertz CT molecular complexity index is 1160. The average Bonchev–Trinajstić information content (AvgIpc) is 3.59. The molecule has 5 rings (SSSR count). The van der Waals surface area contributed by atoms with Crippen molar-refractivity contribution < 1.29 is 18.9 Å². The van der Waals surface area contributed by atoms with Gasteiger partial charge in [-0.2, -0.15) is 0 Å². The Labute approximate surface area is 180 Å². The van der Waals surface area contributed by atoms with Crippen LogP contribution in [0.4, 0.5) is 9.18 Å². The highest BCUT2D eigenvalue weighted by Crippen LogP contribution is 2.30. The van der Waals surface area contributed by atoms with Gasteiger partial charge in [-0.05, 0) is 41.5 Å². The second-order valence-corrected chi connectivity index (χ2v) is 8.74. The minimum atomic E-state index is -1.09. The van der Waals surface area contributed by atoms with E-state index in [0.717, 1.165) is 39.6 Å². The van der Waals surface area contributed by atoms with Crippen LogP contribution in [-0.4, -0.2) is 29.5 Å². The number of rotatable bonds is 6. The lowest BCUT2D eigenvalue weighted by Crippen LogP contribution is -3.13. The van der Waals surface area contributed by atoms with E-state index in [-0.39, 0.29) is 17.8 Å². The number of halogens is 1. The van der Waals surface area contributed by atoms with Gasteiger partial charge < -0.3 is 10.2 Å². The van der Waals surface area contributed by atoms with E-state index in [4.69, 9.17) is 0 Å². The molecule has 0 aromatic heterocycles. The van der Waals surface area contributed by atoms with Crippen molar-refractivity contribution in [3.05, 3.63) is 83.7 Å². The van der Waals surface area contributed by atoms with Crippen LogP contribution in [0.1, 0.15) is 30.9 Å². The molecule has 2 N–H and O–H groups in total. The van der Waals surface area contributed by atoms with E-state index in [9.17, 15) is 14.0 Å². The molecule has 0 spiro atoms. The van der Waals surface area contributed by atoms with E-state index >= 15 is 0 Å². The van der Waals surface area contributed by atoms with Crippen molar-refractivity contribution in [1.82, 2.24) is 10.2 Å². The molecule has 3 aromatic rings. The molecule has 2 fully saturated rings. The summed E-state index contributed by atoms with van der Waals surface area (Å²) < 4.78 is 13.3. The lowest BCUT2D eigenvalue weighted by molar-refractivity contribution is -0.931. The SMILES string of the molecule is C[C@@]1(c2ccc3ccccc3c2)NC(=O)N(C[NH+](Cc2ccc(F)cc2)C2CC2)C1=O. The fourth-order valence-electron chi connectivity index (χ4n) is 4.42. The molecule has 6 heteroatoms. The third-order valence-corrected chi connectivity index (χ3v) is 6.46. The van der Waals surface area contributed by atoms with E-state index in [0.29, 0.717) is 19.3 Å². The lowest BCUT2D eigenvalue weighted by Gasteiger charge is -2.25. The van der Waals surface area contributed by atoms with Crippen molar-refractivity contribution >= 4 is 22.7 Å². The fraction of sp³-hybridized carbons (Fsp3) is 0.280. The topological polar surface area (TPSA) is 53.9 Å². The van der Waals surface area contributed by atoms with Crippen molar-refractivity contribution in [3.8, 4) is 0 Å². The Hall–Kier alpha value is -3.25. The second-order valence-electron chi connectivity index (χ2n) is 8.74. The maximum atomic E-state index is 13.4. The summed E-state index contributed by atoms with van der Waals surface area (Å²) >= 11 is 0. The molecule has 1 unspecified atom stereocenters. The quantitative estimate of drug-likeness (QED) is 0.605. The average molecular weight is 418 g/mol. The summed E-state index contributed by atoms with van der Waals surface area (Å²) in [6.45, 7) is 2.72. The van der Waals surface area contributed by atoms with Gasteiger partial charge in [-0.1, -0.05) is 48.5 Å². The number of imide groups is 1. The fourth-order valence-corrected chi connectivity index (χ4v) is 4.42. The molecular weight excluding hydrogens is 393 g/mol. The first-order valence-corrected chi connectivity index (χ1v) is 10.7. The maximum Gasteiger partial charge on any atom is 0.329 e. The van der Waals surface area contributed by atoms with Crippen LogP contribution < -0.4 is 10.2 Å². The van der Waals surface area contributed by atoms with Gasteiger partial charge in [0.15, 0.2) is 6.67 Å². The third-order valence-electron chi connectivity index (χ3n) is 6.46. The van der Waals surface area contributed by atoms with Gasteiger partial charge in [0.05, 0.1) is 6.04 Å². The number of urea groups is 1. The molecular formula is C25H25FN3O2+. The predicted molar refractivity (Wildman–Crippen MR) is 116 cm³/mol. The number of nitrogens with one attached hydrogen (secondary N) is 2. The number of benzene rings is 3. The van der Waals surface area contributed by atoms with Gasteiger partial charge in [0.1, 0.15) is 17.9 Å². The molecule has 5 nitrogen and oxygen atoms in total. The third kappa shape index (κ3) is 3.68. The Morgan fingerprint density at radius 2 is 1.74 bits per heavy atom. The van der Waals surface area contributed by atoms with E-state index in [1.807, 2.05) is 42.5 Å². The van der Waals surface area contributed by atoms with Crippen molar-refractivity contribution in [2.45, 2.75) is 37.9 Å². The zero-order valence-corrected chi connectivity index (χ0v) is 17.4. The van der Waals surface area contributed by atoms with Crippen LogP contribution in [0, 0.1) is 5.82 Å². The zero-order chi connectivity index (χ0) is 21.6. The Morgan fingerprint density at radius 1 is 1.03 bits per heavy atom. The Balaban J connectivity index is 1.38. The van der Waals surface area contributed by atoms with Crippen molar-refractivity contribution in [2.75, 3.05) is 6.67 Å². The summed E-state index contributed by atoms with van der Waals surface area (Å²) in [7, 11) is 0. The Kier molecular flexibility index (Phi) is 4.74. The van der Waals surface area contributed by atoms with Crippen LogP contribution in [0.15, 0.2) is 66.7 Å². The van der Waals surface area contributed by atoms with Gasteiger partial charge in [0.2, 0.25) is 0 Å². The normalized spacial score (nSPS) is 22.1. The van der Waals surface area contributed by atoms with E-state index in [1.165, 1.54) is 17.0 Å². The van der Waals surface area contributed by atoms with E-state index in [1.54, 1.807) is 19.1 Å². The largest absolute Gasteiger partial charge is 0.329 e. The Morgan fingerprint density at radius 3 is 2.45 bits per heavy atom. The molecule has 1 aliphatic carbocycles. The van der Waals surface area contributed by atoms with Crippen LogP contribution in [0.25, 0.3) is 10.8 Å². The number of carbonyl (C=O) groups is 2. The first-order chi connectivity index (χ1) is 14.9. The molecule has 3 amide bonds. The molecule has 1 saturated heterocycles. The van der Waals surface area contributed by atoms with Gasteiger partial charge in [-0.15, -0.1) is 0 Å². The molecule has 3 aromatic carbocycles. The second kappa shape index (κ2) is 7.46. The summed E-state index contributed by atoms with van der Waals surface area (Å²) in [5.41, 5.74) is 0.678. The molecule has 0 radical (unpaired) electrons. The van der Waals surface area contributed by atoms with E-state index in [2.05, 4.69) is 5.32 Å². The molecule has 2 aliphatic rings. The first kappa shape index (κ1) is 19.7. The number of fused-ring (bicyclic) bond motifs is 1. The minimum Gasteiger partial charge on any atom is -0.319 e. The highest BCUT2D eigenvalue weighted by Gasteiger charge is 2.51. The van der Waals surface area contributed by atoms with Crippen molar-refractivity contribution in [1.29, 1.82) is 0 Å². The molecule has 158 valence electrons. The summed E-state index contributed by atoms with van der Waals surface area (Å²) in [5, 5.41) is 5.04. The van der Waals surface area contributed by atoms with Crippen LogP contribution in [0.3, 0.4) is 0 Å². The number of amides is 3. The highest BCUT2D eigenvalue weighted by molar-refractivity contribution is 6.07. The summed E-state index contributed by atoms with van der Waals surface area (Å²) in [5.74, 6) is -0.498.